The van der Waals surface area contributed by atoms with Gasteiger partial charge in [-0.15, -0.1) is 0 Å². The van der Waals surface area contributed by atoms with Crippen molar-refractivity contribution in [2.45, 2.75) is 6.42 Å². The van der Waals surface area contributed by atoms with Crippen molar-refractivity contribution in [2.24, 2.45) is 5.92 Å². The van der Waals surface area contributed by atoms with Gasteiger partial charge in [-0.05, 0) is 12.1 Å². The van der Waals surface area contributed by atoms with Crippen molar-refractivity contribution in [1.82, 2.24) is 5.32 Å². The van der Waals surface area contributed by atoms with Crippen molar-refractivity contribution in [3.05, 3.63) is 29.8 Å². The number of amides is 2. The van der Waals surface area contributed by atoms with E-state index in [9.17, 15) is 18.4 Å². The molecule has 1 aromatic rings. The first kappa shape index (κ1) is 11.5. The zero-order valence-electron chi connectivity index (χ0n) is 8.80. The quantitative estimate of drug-likeness (QED) is 0.811. The second kappa shape index (κ2) is 4.48. The normalized spacial score (nSPS) is 18.9. The molecule has 1 heterocycles. The Morgan fingerprint density at radius 1 is 1.41 bits per heavy atom. The van der Waals surface area contributed by atoms with Crippen LogP contribution in [-0.2, 0) is 9.59 Å². The number of hydrogen-bond acceptors (Lipinski definition) is 2. The number of halogens is 2. The number of carbonyl (C=O) groups excluding carboxylic acids is 2. The third-order valence-electron chi connectivity index (χ3n) is 2.56. The maximum atomic E-state index is 13.3. The highest BCUT2D eigenvalue weighted by atomic mass is 19.2. The Labute approximate surface area is 96.0 Å². The van der Waals surface area contributed by atoms with E-state index in [-0.39, 0.29) is 24.6 Å². The number of carbonyl (C=O) groups is 2. The smallest absolute Gasteiger partial charge is 0.229 e. The molecule has 0 saturated carbocycles. The van der Waals surface area contributed by atoms with E-state index in [0.717, 1.165) is 6.07 Å². The first-order valence-corrected chi connectivity index (χ1v) is 5.09. The Morgan fingerprint density at radius 3 is 2.82 bits per heavy atom. The predicted octanol–water partition coefficient (Wildman–Crippen LogP) is 1.04. The van der Waals surface area contributed by atoms with Gasteiger partial charge in [-0.25, -0.2) is 8.78 Å². The summed E-state index contributed by atoms with van der Waals surface area (Å²) < 4.78 is 26.1. The molecule has 6 heteroatoms. The van der Waals surface area contributed by atoms with Gasteiger partial charge in [0.15, 0.2) is 11.6 Å². The van der Waals surface area contributed by atoms with E-state index < -0.39 is 23.5 Å². The van der Waals surface area contributed by atoms with Crippen LogP contribution in [-0.4, -0.2) is 18.4 Å². The minimum atomic E-state index is -1.10. The van der Waals surface area contributed by atoms with E-state index in [1.54, 1.807) is 0 Å². The summed E-state index contributed by atoms with van der Waals surface area (Å²) in [5.41, 5.74) is -0.214. The first-order valence-electron chi connectivity index (χ1n) is 5.09. The minimum absolute atomic E-state index is 0.0722. The lowest BCUT2D eigenvalue weighted by molar-refractivity contribution is -0.123. The molecular weight excluding hydrogens is 230 g/mol. The fraction of sp³-hybridized carbons (Fsp3) is 0.273. The van der Waals surface area contributed by atoms with E-state index in [1.807, 2.05) is 0 Å². The lowest BCUT2D eigenvalue weighted by atomic mass is 10.1. The summed E-state index contributed by atoms with van der Waals surface area (Å²) in [6.07, 6.45) is 0.0722. The molecule has 0 spiro atoms. The fourth-order valence-electron chi connectivity index (χ4n) is 1.63. The van der Waals surface area contributed by atoms with E-state index in [1.165, 1.54) is 12.1 Å². The molecule has 1 fully saturated rings. The first-order chi connectivity index (χ1) is 8.08. The van der Waals surface area contributed by atoms with Crippen LogP contribution in [0.3, 0.4) is 0 Å². The van der Waals surface area contributed by atoms with E-state index in [4.69, 9.17) is 0 Å². The molecular formula is C11H10F2N2O2. The highest BCUT2D eigenvalue weighted by Gasteiger charge is 2.28. The van der Waals surface area contributed by atoms with Gasteiger partial charge in [0, 0.05) is 13.0 Å². The molecule has 0 aliphatic carbocycles. The third-order valence-corrected chi connectivity index (χ3v) is 2.56. The van der Waals surface area contributed by atoms with E-state index in [0.29, 0.717) is 0 Å². The van der Waals surface area contributed by atoms with Crippen LogP contribution >= 0.6 is 0 Å². The van der Waals surface area contributed by atoms with E-state index in [2.05, 4.69) is 10.6 Å². The molecule has 2 rings (SSSR count). The van der Waals surface area contributed by atoms with Crippen molar-refractivity contribution >= 4 is 17.5 Å². The second-order valence-corrected chi connectivity index (χ2v) is 3.80. The largest absolute Gasteiger partial charge is 0.355 e. The summed E-state index contributed by atoms with van der Waals surface area (Å²) >= 11 is 0. The van der Waals surface area contributed by atoms with Gasteiger partial charge in [0.05, 0.1) is 11.6 Å². The lowest BCUT2D eigenvalue weighted by Gasteiger charge is -2.09. The van der Waals surface area contributed by atoms with Gasteiger partial charge >= 0.3 is 0 Å². The molecule has 1 saturated heterocycles. The molecule has 1 aliphatic heterocycles. The Balaban J connectivity index is 2.08. The lowest BCUT2D eigenvalue weighted by Crippen LogP contribution is -2.25. The van der Waals surface area contributed by atoms with Crippen LogP contribution < -0.4 is 10.6 Å². The zero-order valence-corrected chi connectivity index (χ0v) is 8.80. The summed E-state index contributed by atoms with van der Waals surface area (Å²) in [5, 5.41) is 4.76. The molecule has 2 N–H and O–H groups in total. The number of hydrogen-bond donors (Lipinski definition) is 2. The average Bonchev–Trinajstić information content (AvgIpc) is 2.72. The number of rotatable bonds is 2. The summed E-state index contributed by atoms with van der Waals surface area (Å²) in [6.45, 7) is 0.224. The molecule has 90 valence electrons. The predicted molar refractivity (Wildman–Crippen MR) is 56.1 cm³/mol. The van der Waals surface area contributed by atoms with Gasteiger partial charge in [0.2, 0.25) is 11.8 Å². The summed E-state index contributed by atoms with van der Waals surface area (Å²) in [4.78, 5) is 22.5. The van der Waals surface area contributed by atoms with Gasteiger partial charge in [0.25, 0.3) is 0 Å². The van der Waals surface area contributed by atoms with Crippen molar-refractivity contribution < 1.29 is 18.4 Å². The van der Waals surface area contributed by atoms with Crippen LogP contribution in [0, 0.1) is 17.6 Å². The van der Waals surface area contributed by atoms with Gasteiger partial charge in [-0.3, -0.25) is 9.59 Å². The standard InChI is InChI=1S/C11H10F2N2O2/c12-7-2-1-3-8(10(7)13)15-11(17)6-4-9(16)14-5-6/h1-3,6H,4-5H2,(H,14,16)(H,15,17). The number of nitrogens with one attached hydrogen (secondary N) is 2. The molecule has 4 nitrogen and oxygen atoms in total. The topological polar surface area (TPSA) is 58.2 Å². The maximum Gasteiger partial charge on any atom is 0.229 e. The van der Waals surface area contributed by atoms with Crippen LogP contribution in [0.2, 0.25) is 0 Å². The summed E-state index contributed by atoms with van der Waals surface area (Å²) in [5.74, 6) is -3.37. The monoisotopic (exact) mass is 240 g/mol. The van der Waals surface area contributed by atoms with Crippen LogP contribution in [0.15, 0.2) is 18.2 Å². The van der Waals surface area contributed by atoms with Crippen LogP contribution in [0.1, 0.15) is 6.42 Å². The average molecular weight is 240 g/mol. The van der Waals surface area contributed by atoms with Crippen molar-refractivity contribution in [3.8, 4) is 0 Å². The second-order valence-electron chi connectivity index (χ2n) is 3.80. The third kappa shape index (κ3) is 2.41. The SMILES string of the molecule is O=C1CC(C(=O)Nc2cccc(F)c2F)CN1. The van der Waals surface area contributed by atoms with Crippen molar-refractivity contribution in [1.29, 1.82) is 0 Å². The highest BCUT2D eigenvalue weighted by Crippen LogP contribution is 2.18. The maximum absolute atomic E-state index is 13.3. The Hall–Kier alpha value is -1.98. The zero-order chi connectivity index (χ0) is 12.4. The highest BCUT2D eigenvalue weighted by molar-refractivity contribution is 5.97. The van der Waals surface area contributed by atoms with Gasteiger partial charge in [0.1, 0.15) is 0 Å². The van der Waals surface area contributed by atoms with Crippen LogP contribution in [0.25, 0.3) is 0 Å². The molecule has 17 heavy (non-hydrogen) atoms. The van der Waals surface area contributed by atoms with Crippen LogP contribution in [0.5, 0.6) is 0 Å². The molecule has 1 atom stereocenters. The van der Waals surface area contributed by atoms with Gasteiger partial charge in [-0.1, -0.05) is 6.07 Å². The molecule has 0 bridgehead atoms. The molecule has 1 unspecified atom stereocenters. The summed E-state index contributed by atoms with van der Waals surface area (Å²) in [7, 11) is 0. The number of benzene rings is 1. The van der Waals surface area contributed by atoms with Crippen LogP contribution in [0.4, 0.5) is 14.5 Å². The molecule has 0 radical (unpaired) electrons. The Morgan fingerprint density at radius 2 is 2.18 bits per heavy atom. The van der Waals surface area contributed by atoms with Gasteiger partial charge < -0.3 is 10.6 Å². The summed E-state index contributed by atoms with van der Waals surface area (Å²) in [6, 6.07) is 3.53. The van der Waals surface area contributed by atoms with E-state index >= 15 is 0 Å². The molecule has 2 amide bonds. The Bertz CT molecular complexity index is 477. The van der Waals surface area contributed by atoms with Crippen molar-refractivity contribution in [2.75, 3.05) is 11.9 Å². The molecule has 0 aromatic heterocycles. The molecule has 1 aromatic carbocycles. The Kier molecular flexibility index (Phi) is 3.03. The minimum Gasteiger partial charge on any atom is -0.355 e. The number of anilines is 1. The molecule has 1 aliphatic rings. The van der Waals surface area contributed by atoms with Crippen molar-refractivity contribution in [3.63, 3.8) is 0 Å². The van der Waals surface area contributed by atoms with Gasteiger partial charge in [-0.2, -0.15) is 0 Å². The fourth-order valence-corrected chi connectivity index (χ4v) is 1.63.